The van der Waals surface area contributed by atoms with E-state index in [2.05, 4.69) is 9.47 Å². The highest BCUT2D eigenvalue weighted by atomic mass is 19.4. The van der Waals surface area contributed by atoms with Crippen LogP contribution in [0.25, 0.3) is 0 Å². The van der Waals surface area contributed by atoms with Crippen LogP contribution in [0.1, 0.15) is 12.0 Å². The van der Waals surface area contributed by atoms with Gasteiger partial charge in [0.1, 0.15) is 13.2 Å². The van der Waals surface area contributed by atoms with Gasteiger partial charge >= 0.3 is 12.1 Å². The highest BCUT2D eigenvalue weighted by Crippen LogP contribution is 2.26. The number of carbonyl (C=O) groups is 2. The number of ether oxygens (including phenoxy) is 2. The number of nitrogens with zero attached hydrogens (tertiary/aromatic N) is 1. The van der Waals surface area contributed by atoms with Crippen LogP contribution in [0.5, 0.6) is 0 Å². The Bertz CT molecular complexity index is 574. The number of hydrogen-bond donors (Lipinski definition) is 0. The van der Waals surface area contributed by atoms with Gasteiger partial charge < -0.3 is 14.4 Å². The van der Waals surface area contributed by atoms with Crippen LogP contribution in [0, 0.1) is 0 Å². The third-order valence-electron chi connectivity index (χ3n) is 3.25. The lowest BCUT2D eigenvalue weighted by Crippen LogP contribution is -2.38. The number of para-hydroxylation sites is 1. The summed E-state index contributed by atoms with van der Waals surface area (Å²) in [6.45, 7) is -2.39. The standard InChI is InChI=1S/C15H16F3NO4/c16-15(17,18)10-22-9-14(21)23-8-13(20)19-7-3-5-11-4-1-2-6-12(11)19/h1-2,4,6H,3,5,7-10H2. The van der Waals surface area contributed by atoms with Gasteiger partial charge in [0.25, 0.3) is 5.91 Å². The summed E-state index contributed by atoms with van der Waals surface area (Å²) >= 11 is 0. The molecule has 0 N–H and O–H groups in total. The van der Waals surface area contributed by atoms with Gasteiger partial charge in [0, 0.05) is 12.2 Å². The number of amides is 1. The van der Waals surface area contributed by atoms with Crippen molar-refractivity contribution in [2.24, 2.45) is 0 Å². The molecule has 0 fully saturated rings. The van der Waals surface area contributed by atoms with Gasteiger partial charge in [-0.15, -0.1) is 0 Å². The van der Waals surface area contributed by atoms with Gasteiger partial charge in [-0.25, -0.2) is 4.79 Å². The van der Waals surface area contributed by atoms with E-state index in [1.165, 1.54) is 4.90 Å². The second-order valence-electron chi connectivity index (χ2n) is 5.05. The summed E-state index contributed by atoms with van der Waals surface area (Å²) in [6, 6.07) is 7.42. The van der Waals surface area contributed by atoms with E-state index in [1.807, 2.05) is 12.1 Å². The fraction of sp³-hybridized carbons (Fsp3) is 0.467. The maximum atomic E-state index is 12.1. The normalized spacial score (nSPS) is 14.3. The molecule has 0 saturated carbocycles. The van der Waals surface area contributed by atoms with Crippen molar-refractivity contribution < 1.29 is 32.2 Å². The second-order valence-corrected chi connectivity index (χ2v) is 5.05. The quantitative estimate of drug-likeness (QED) is 0.775. The molecule has 0 saturated heterocycles. The highest BCUT2D eigenvalue weighted by molar-refractivity contribution is 5.96. The van der Waals surface area contributed by atoms with E-state index in [0.717, 1.165) is 24.1 Å². The van der Waals surface area contributed by atoms with Gasteiger partial charge in [-0.1, -0.05) is 18.2 Å². The Balaban J connectivity index is 1.81. The minimum atomic E-state index is -4.51. The van der Waals surface area contributed by atoms with Crippen molar-refractivity contribution in [3.8, 4) is 0 Å². The number of alkyl halides is 3. The maximum absolute atomic E-state index is 12.1. The van der Waals surface area contributed by atoms with Crippen molar-refractivity contribution in [1.82, 2.24) is 0 Å². The van der Waals surface area contributed by atoms with E-state index in [-0.39, 0.29) is 0 Å². The molecular weight excluding hydrogens is 315 g/mol. The topological polar surface area (TPSA) is 55.8 Å². The van der Waals surface area contributed by atoms with Crippen molar-refractivity contribution in [1.29, 1.82) is 0 Å². The number of hydrogen-bond acceptors (Lipinski definition) is 4. The van der Waals surface area contributed by atoms with E-state index >= 15 is 0 Å². The van der Waals surface area contributed by atoms with E-state index < -0.39 is 37.9 Å². The third-order valence-corrected chi connectivity index (χ3v) is 3.25. The molecule has 126 valence electrons. The minimum Gasteiger partial charge on any atom is -0.454 e. The van der Waals surface area contributed by atoms with Gasteiger partial charge in [0.05, 0.1) is 0 Å². The third kappa shape index (κ3) is 5.24. The maximum Gasteiger partial charge on any atom is 0.411 e. The van der Waals surface area contributed by atoms with Gasteiger partial charge in [-0.3, -0.25) is 4.79 Å². The molecule has 0 unspecified atom stereocenters. The zero-order valence-electron chi connectivity index (χ0n) is 12.3. The molecule has 0 spiro atoms. The number of esters is 1. The Kier molecular flexibility index (Phi) is 5.59. The molecule has 2 rings (SSSR count). The van der Waals surface area contributed by atoms with Gasteiger partial charge in [0.2, 0.25) is 0 Å². The van der Waals surface area contributed by atoms with Gasteiger partial charge in [-0.2, -0.15) is 13.2 Å². The van der Waals surface area contributed by atoms with Crippen LogP contribution in [0.3, 0.4) is 0 Å². The summed E-state index contributed by atoms with van der Waals surface area (Å²) in [6.07, 6.45) is -2.84. The number of halogens is 3. The molecule has 1 aliphatic rings. The van der Waals surface area contributed by atoms with E-state index in [4.69, 9.17) is 0 Å². The predicted octanol–water partition coefficient (Wildman–Crippen LogP) is 2.09. The number of aryl methyl sites for hydroxylation is 1. The van der Waals surface area contributed by atoms with Crippen LogP contribution >= 0.6 is 0 Å². The highest BCUT2D eigenvalue weighted by Gasteiger charge is 2.28. The van der Waals surface area contributed by atoms with Crippen LogP contribution in [-0.2, 0) is 25.5 Å². The van der Waals surface area contributed by atoms with Crippen LogP contribution in [-0.4, -0.2) is 44.4 Å². The van der Waals surface area contributed by atoms with Crippen molar-refractivity contribution in [2.45, 2.75) is 19.0 Å². The van der Waals surface area contributed by atoms with Crippen molar-refractivity contribution in [3.63, 3.8) is 0 Å². The van der Waals surface area contributed by atoms with Gasteiger partial charge in [-0.05, 0) is 24.5 Å². The first-order chi connectivity index (χ1) is 10.9. The number of fused-ring (bicyclic) bond motifs is 1. The molecule has 1 aliphatic heterocycles. The molecule has 1 aromatic carbocycles. The largest absolute Gasteiger partial charge is 0.454 e. The SMILES string of the molecule is O=C(COCC(F)(F)F)OCC(=O)N1CCCc2ccccc21. The van der Waals surface area contributed by atoms with Gasteiger partial charge in [0.15, 0.2) is 6.61 Å². The Morgan fingerprint density at radius 3 is 2.65 bits per heavy atom. The molecule has 0 aliphatic carbocycles. The van der Waals surface area contributed by atoms with Crippen LogP contribution in [0.15, 0.2) is 24.3 Å². The molecule has 0 bridgehead atoms. The number of anilines is 1. The van der Waals surface area contributed by atoms with Crippen molar-refractivity contribution in [2.75, 3.05) is 31.3 Å². The summed E-state index contributed by atoms with van der Waals surface area (Å²) in [5, 5.41) is 0. The molecule has 8 heteroatoms. The smallest absolute Gasteiger partial charge is 0.411 e. The van der Waals surface area contributed by atoms with E-state index in [0.29, 0.717) is 6.54 Å². The molecule has 0 aromatic heterocycles. The van der Waals surface area contributed by atoms with Crippen molar-refractivity contribution in [3.05, 3.63) is 29.8 Å². The first-order valence-corrected chi connectivity index (χ1v) is 7.05. The molecule has 1 heterocycles. The van der Waals surface area contributed by atoms with Crippen LogP contribution in [0.2, 0.25) is 0 Å². The van der Waals surface area contributed by atoms with Crippen molar-refractivity contribution >= 4 is 17.6 Å². The van der Waals surface area contributed by atoms with E-state index in [9.17, 15) is 22.8 Å². The summed E-state index contributed by atoms with van der Waals surface area (Å²) in [5.74, 6) is -1.42. The first kappa shape index (κ1) is 17.3. The summed E-state index contributed by atoms with van der Waals surface area (Å²) < 4.78 is 44.4. The summed E-state index contributed by atoms with van der Waals surface area (Å²) in [7, 11) is 0. The average Bonchev–Trinajstić information content (AvgIpc) is 2.51. The Morgan fingerprint density at radius 1 is 1.17 bits per heavy atom. The Labute approximate surface area is 131 Å². The lowest BCUT2D eigenvalue weighted by Gasteiger charge is -2.29. The zero-order chi connectivity index (χ0) is 16.9. The molecular formula is C15H16F3NO4. The zero-order valence-corrected chi connectivity index (χ0v) is 12.3. The molecule has 5 nitrogen and oxygen atoms in total. The minimum absolute atomic E-state index is 0.415. The fourth-order valence-electron chi connectivity index (χ4n) is 2.30. The average molecular weight is 331 g/mol. The molecule has 1 aromatic rings. The Morgan fingerprint density at radius 2 is 1.91 bits per heavy atom. The molecule has 23 heavy (non-hydrogen) atoms. The predicted molar refractivity (Wildman–Crippen MR) is 74.9 cm³/mol. The number of carbonyl (C=O) groups excluding carboxylic acids is 2. The fourth-order valence-corrected chi connectivity index (χ4v) is 2.30. The number of benzene rings is 1. The molecule has 0 radical (unpaired) electrons. The molecule has 1 amide bonds. The van der Waals surface area contributed by atoms with Crippen LogP contribution in [0.4, 0.5) is 18.9 Å². The van der Waals surface area contributed by atoms with Crippen LogP contribution < -0.4 is 4.90 Å². The lowest BCUT2D eigenvalue weighted by molar-refractivity contribution is -0.181. The Hall–Kier alpha value is -2.09. The number of rotatable bonds is 5. The summed E-state index contributed by atoms with van der Waals surface area (Å²) in [4.78, 5) is 24.9. The van der Waals surface area contributed by atoms with E-state index in [1.54, 1.807) is 12.1 Å². The molecule has 0 atom stereocenters. The second kappa shape index (κ2) is 7.45. The lowest BCUT2D eigenvalue weighted by atomic mass is 10.0. The monoisotopic (exact) mass is 331 g/mol. The summed E-state index contributed by atoms with van der Waals surface area (Å²) in [5.41, 5.74) is 1.81. The first-order valence-electron chi connectivity index (χ1n) is 7.05.